The average Bonchev–Trinajstić information content (AvgIpc) is 2.85. The van der Waals surface area contributed by atoms with Gasteiger partial charge in [-0.2, -0.15) is 0 Å². The first kappa shape index (κ1) is 21.5. The monoisotopic (exact) mass is 451 g/mol. The van der Waals surface area contributed by atoms with Crippen molar-refractivity contribution in [1.82, 2.24) is 9.97 Å². The summed E-state index contributed by atoms with van der Waals surface area (Å²) in [5.74, 6) is 0.112. The molecule has 0 aliphatic heterocycles. The Morgan fingerprint density at radius 1 is 1.00 bits per heavy atom. The van der Waals surface area contributed by atoms with Gasteiger partial charge in [-0.1, -0.05) is 18.2 Å². The summed E-state index contributed by atoms with van der Waals surface area (Å²) in [6.45, 7) is 3.92. The highest BCUT2D eigenvalue weighted by Crippen LogP contribution is 2.33. The zero-order valence-electron chi connectivity index (χ0n) is 18.7. The van der Waals surface area contributed by atoms with Crippen LogP contribution >= 0.6 is 0 Å². The molecule has 0 radical (unpaired) electrons. The van der Waals surface area contributed by atoms with Gasteiger partial charge >= 0.3 is 0 Å². The lowest BCUT2D eigenvalue weighted by Gasteiger charge is -2.20. The molecular weight excluding hydrogens is 429 g/mol. The maximum absolute atomic E-state index is 14.5. The van der Waals surface area contributed by atoms with Gasteiger partial charge in [-0.15, -0.1) is 0 Å². The fraction of sp³-hybridized carbons (Fsp3) is 0.107. The number of benzene rings is 2. The second-order valence-electron chi connectivity index (χ2n) is 8.19. The number of aromatic nitrogens is 2. The number of aryl methyl sites for hydroxylation is 1. The van der Waals surface area contributed by atoms with Crippen LogP contribution in [0.15, 0.2) is 94.5 Å². The fourth-order valence-corrected chi connectivity index (χ4v) is 4.11. The van der Waals surface area contributed by atoms with Crippen LogP contribution in [0.25, 0.3) is 33.6 Å². The molecule has 3 heterocycles. The molecule has 5 rings (SSSR count). The first-order valence-electron chi connectivity index (χ1n) is 11.0. The van der Waals surface area contributed by atoms with E-state index in [1.165, 1.54) is 12.1 Å². The lowest BCUT2D eigenvalue weighted by Crippen LogP contribution is -2.11. The Bertz CT molecular complexity index is 1550. The topological polar surface area (TPSA) is 68.0 Å². The minimum atomic E-state index is -0.343. The van der Waals surface area contributed by atoms with Gasteiger partial charge in [0.05, 0.1) is 22.8 Å². The fourth-order valence-electron chi connectivity index (χ4n) is 4.11. The van der Waals surface area contributed by atoms with Crippen molar-refractivity contribution in [1.29, 1.82) is 0 Å². The Labute approximate surface area is 196 Å². The van der Waals surface area contributed by atoms with Crippen molar-refractivity contribution < 1.29 is 8.81 Å². The normalized spacial score (nSPS) is 12.0. The number of hydrogen-bond donors (Lipinski definition) is 1. The van der Waals surface area contributed by atoms with Crippen LogP contribution in [-0.4, -0.2) is 9.97 Å². The highest BCUT2D eigenvalue weighted by atomic mass is 19.1. The van der Waals surface area contributed by atoms with Crippen LogP contribution in [-0.2, 0) is 0 Å². The third-order valence-corrected chi connectivity index (χ3v) is 5.72. The molecule has 1 unspecified atom stereocenters. The molecule has 1 N–H and O–H groups in total. The van der Waals surface area contributed by atoms with Gasteiger partial charge in [0.1, 0.15) is 17.2 Å². The largest absolute Gasteiger partial charge is 0.455 e. The van der Waals surface area contributed by atoms with Crippen molar-refractivity contribution in [3.8, 4) is 22.6 Å². The van der Waals surface area contributed by atoms with E-state index >= 15 is 0 Å². The van der Waals surface area contributed by atoms with Gasteiger partial charge in [0.2, 0.25) is 0 Å². The van der Waals surface area contributed by atoms with Gasteiger partial charge in [-0.05, 0) is 61.9 Å². The van der Waals surface area contributed by atoms with E-state index in [2.05, 4.69) is 15.3 Å². The van der Waals surface area contributed by atoms with E-state index in [9.17, 15) is 9.18 Å². The molecule has 0 saturated carbocycles. The zero-order chi connectivity index (χ0) is 23.7. The smallest absolute Gasteiger partial charge is 0.193 e. The quantitative estimate of drug-likeness (QED) is 0.329. The van der Waals surface area contributed by atoms with E-state index in [1.807, 2.05) is 38.1 Å². The lowest BCUT2D eigenvalue weighted by molar-refractivity contribution is 0.610. The molecule has 3 aromatic heterocycles. The van der Waals surface area contributed by atoms with E-state index in [0.29, 0.717) is 33.7 Å². The summed E-state index contributed by atoms with van der Waals surface area (Å²) in [4.78, 5) is 21.5. The van der Waals surface area contributed by atoms with E-state index in [1.54, 1.807) is 48.9 Å². The molecule has 0 saturated heterocycles. The highest BCUT2D eigenvalue weighted by Gasteiger charge is 2.18. The molecular formula is C28H22FN3O2. The molecule has 5 aromatic rings. The molecule has 0 bridgehead atoms. The number of fused-ring (bicyclic) bond motifs is 1. The number of hydrogen-bond acceptors (Lipinski definition) is 5. The standard InChI is InChI=1S/C28H22FN3O2/c1-17-13-21(28-22(14-17)25(33)15-26(34-28)19-7-5-11-30-16-19)18(2)32-24-10-6-12-31-27(24)20-8-3-4-9-23(20)29/h3-16,18,32H,1-2H3. The van der Waals surface area contributed by atoms with Crippen molar-refractivity contribution in [2.24, 2.45) is 0 Å². The molecule has 5 nitrogen and oxygen atoms in total. The molecule has 0 aliphatic rings. The molecule has 0 amide bonds. The molecule has 2 aromatic carbocycles. The summed E-state index contributed by atoms with van der Waals surface area (Å²) >= 11 is 0. The molecule has 34 heavy (non-hydrogen) atoms. The van der Waals surface area contributed by atoms with Crippen LogP contribution in [0.4, 0.5) is 10.1 Å². The Morgan fingerprint density at radius 2 is 1.82 bits per heavy atom. The third kappa shape index (κ3) is 4.06. The minimum absolute atomic E-state index is 0.120. The Balaban J connectivity index is 1.61. The number of rotatable bonds is 5. The van der Waals surface area contributed by atoms with Crippen molar-refractivity contribution in [2.75, 3.05) is 5.32 Å². The average molecular weight is 452 g/mol. The first-order chi connectivity index (χ1) is 16.5. The summed E-state index contributed by atoms with van der Waals surface area (Å²) in [6, 6.07) is 18.9. The van der Waals surface area contributed by atoms with Crippen molar-refractivity contribution in [3.05, 3.63) is 112 Å². The Morgan fingerprint density at radius 3 is 2.62 bits per heavy atom. The van der Waals surface area contributed by atoms with Crippen molar-refractivity contribution in [2.45, 2.75) is 19.9 Å². The second kappa shape index (κ2) is 8.90. The van der Waals surface area contributed by atoms with Gasteiger partial charge < -0.3 is 9.73 Å². The van der Waals surface area contributed by atoms with Crippen LogP contribution in [0.1, 0.15) is 24.1 Å². The van der Waals surface area contributed by atoms with Gasteiger partial charge in [-0.3, -0.25) is 14.8 Å². The predicted octanol–water partition coefficient (Wildman–Crippen LogP) is 6.54. The Kier molecular flexibility index (Phi) is 5.64. The van der Waals surface area contributed by atoms with Crippen molar-refractivity contribution in [3.63, 3.8) is 0 Å². The molecule has 0 fully saturated rings. The molecule has 0 aliphatic carbocycles. The van der Waals surface area contributed by atoms with Crippen molar-refractivity contribution >= 4 is 16.7 Å². The molecule has 0 spiro atoms. The molecule has 6 heteroatoms. The zero-order valence-corrected chi connectivity index (χ0v) is 18.7. The van der Waals surface area contributed by atoms with Crippen LogP contribution in [0.5, 0.6) is 0 Å². The van der Waals surface area contributed by atoms with E-state index in [0.717, 1.165) is 16.7 Å². The summed E-state index contributed by atoms with van der Waals surface area (Å²) in [5.41, 5.74) is 4.49. The van der Waals surface area contributed by atoms with Crippen LogP contribution in [0, 0.1) is 12.7 Å². The second-order valence-corrected chi connectivity index (χ2v) is 8.19. The number of pyridine rings is 2. The summed E-state index contributed by atoms with van der Waals surface area (Å²) < 4.78 is 20.8. The van der Waals surface area contributed by atoms with Gasteiger partial charge in [-0.25, -0.2) is 4.39 Å². The van der Waals surface area contributed by atoms with E-state index in [-0.39, 0.29) is 17.3 Å². The maximum Gasteiger partial charge on any atom is 0.193 e. The Hall–Kier alpha value is -4.32. The minimum Gasteiger partial charge on any atom is -0.455 e. The van der Waals surface area contributed by atoms with Crippen LogP contribution in [0.2, 0.25) is 0 Å². The number of nitrogens with one attached hydrogen (secondary N) is 1. The van der Waals surface area contributed by atoms with Gasteiger partial charge in [0.15, 0.2) is 5.43 Å². The molecule has 1 atom stereocenters. The van der Waals surface area contributed by atoms with E-state index < -0.39 is 0 Å². The number of nitrogens with zero attached hydrogens (tertiary/aromatic N) is 2. The van der Waals surface area contributed by atoms with Gasteiger partial charge in [0.25, 0.3) is 0 Å². The summed E-state index contributed by atoms with van der Waals surface area (Å²) in [7, 11) is 0. The lowest BCUT2D eigenvalue weighted by atomic mass is 10.00. The van der Waals surface area contributed by atoms with Crippen LogP contribution < -0.4 is 10.7 Å². The number of halogens is 1. The predicted molar refractivity (Wildman–Crippen MR) is 132 cm³/mol. The SMILES string of the molecule is Cc1cc(C(C)Nc2cccnc2-c2ccccc2F)c2oc(-c3cccnc3)cc(=O)c2c1. The van der Waals surface area contributed by atoms with Crippen LogP contribution in [0.3, 0.4) is 0 Å². The first-order valence-corrected chi connectivity index (χ1v) is 11.0. The maximum atomic E-state index is 14.5. The third-order valence-electron chi connectivity index (χ3n) is 5.72. The summed E-state index contributed by atoms with van der Waals surface area (Å²) in [5, 5.41) is 3.96. The van der Waals surface area contributed by atoms with Gasteiger partial charge in [0, 0.05) is 41.3 Å². The summed E-state index contributed by atoms with van der Waals surface area (Å²) in [6.07, 6.45) is 4.97. The number of anilines is 1. The highest BCUT2D eigenvalue weighted by molar-refractivity contribution is 5.84. The molecule has 168 valence electrons. The van der Waals surface area contributed by atoms with E-state index in [4.69, 9.17) is 4.42 Å².